The fraction of sp³-hybridized carbons (Fsp3) is 0.867. The second kappa shape index (κ2) is 8.51. The Morgan fingerprint density at radius 2 is 1.95 bits per heavy atom. The average Bonchev–Trinajstić information content (AvgIpc) is 2.38. The van der Waals surface area contributed by atoms with Crippen LogP contribution >= 0.6 is 11.8 Å². The number of carbonyl (C=O) groups excluding carboxylic acids is 1. The number of likely N-dealkylation sites (N-methyl/N-ethyl adjacent to an activating group) is 1. The fourth-order valence-corrected chi connectivity index (χ4v) is 3.52. The average molecular weight is 314 g/mol. The summed E-state index contributed by atoms with van der Waals surface area (Å²) >= 11 is 2.04. The van der Waals surface area contributed by atoms with E-state index >= 15 is 0 Å². The van der Waals surface area contributed by atoms with Crippen LogP contribution < -0.4 is 10.6 Å². The van der Waals surface area contributed by atoms with Crippen molar-refractivity contribution in [2.45, 2.75) is 39.2 Å². The summed E-state index contributed by atoms with van der Waals surface area (Å²) in [5.74, 6) is 4.04. The highest BCUT2D eigenvalue weighted by Crippen LogP contribution is 2.21. The van der Waals surface area contributed by atoms with Crippen molar-refractivity contribution in [3.8, 4) is 0 Å². The Morgan fingerprint density at radius 3 is 2.48 bits per heavy atom. The Labute approximate surface area is 133 Å². The maximum Gasteiger partial charge on any atom is 0.240 e. The maximum absolute atomic E-state index is 12.0. The number of aliphatic imine (C=N–C) groups is 1. The Morgan fingerprint density at radius 1 is 1.33 bits per heavy atom. The zero-order valence-corrected chi connectivity index (χ0v) is 14.8. The second-order valence-corrected chi connectivity index (χ2v) is 7.86. The van der Waals surface area contributed by atoms with Gasteiger partial charge >= 0.3 is 0 Å². The summed E-state index contributed by atoms with van der Waals surface area (Å²) < 4.78 is 0. The Bertz CT molecular complexity index is 359. The van der Waals surface area contributed by atoms with Crippen molar-refractivity contribution in [3.05, 3.63) is 0 Å². The van der Waals surface area contributed by atoms with Gasteiger partial charge < -0.3 is 15.5 Å². The van der Waals surface area contributed by atoms with E-state index in [2.05, 4.69) is 15.6 Å². The van der Waals surface area contributed by atoms with E-state index in [9.17, 15) is 4.79 Å². The Kier molecular flexibility index (Phi) is 7.35. The molecule has 0 saturated carbocycles. The largest absolute Gasteiger partial charge is 0.356 e. The van der Waals surface area contributed by atoms with Crippen LogP contribution in [0.5, 0.6) is 0 Å². The molecule has 0 aliphatic carbocycles. The number of carbonyl (C=O) groups is 1. The third-order valence-corrected chi connectivity index (χ3v) is 4.41. The number of nitrogens with one attached hydrogen (secondary N) is 2. The lowest BCUT2D eigenvalue weighted by molar-refractivity contribution is -0.122. The molecule has 0 atom stereocenters. The molecular weight excluding hydrogens is 284 g/mol. The number of hydrogen-bond acceptors (Lipinski definition) is 3. The smallest absolute Gasteiger partial charge is 0.240 e. The van der Waals surface area contributed by atoms with Gasteiger partial charge in [0.05, 0.1) is 6.54 Å². The van der Waals surface area contributed by atoms with Crippen LogP contribution in [-0.2, 0) is 4.79 Å². The first kappa shape index (κ1) is 18.1. The van der Waals surface area contributed by atoms with E-state index in [-0.39, 0.29) is 11.4 Å². The molecule has 0 bridgehead atoms. The molecule has 122 valence electrons. The van der Waals surface area contributed by atoms with Crippen LogP contribution in [0.4, 0.5) is 0 Å². The lowest BCUT2D eigenvalue weighted by atomic mass is 10.0. The van der Waals surface area contributed by atoms with Crippen LogP contribution in [0.25, 0.3) is 0 Å². The first-order valence-corrected chi connectivity index (χ1v) is 8.78. The molecule has 2 N–H and O–H groups in total. The van der Waals surface area contributed by atoms with Crippen molar-refractivity contribution >= 4 is 23.6 Å². The highest BCUT2D eigenvalue weighted by molar-refractivity contribution is 7.99. The topological polar surface area (TPSA) is 56.7 Å². The molecule has 0 aromatic carbocycles. The Hall–Kier alpha value is -0.910. The summed E-state index contributed by atoms with van der Waals surface area (Å²) in [6.45, 7) is 7.22. The van der Waals surface area contributed by atoms with E-state index in [1.807, 2.05) is 44.5 Å². The molecule has 1 saturated heterocycles. The van der Waals surface area contributed by atoms with Gasteiger partial charge in [-0.05, 0) is 51.0 Å². The van der Waals surface area contributed by atoms with Gasteiger partial charge in [0.15, 0.2) is 5.96 Å². The SMILES string of the molecule is CN=C(NCC1CCSCC1)N(C)CC(=O)NC(C)(C)C. The van der Waals surface area contributed by atoms with Gasteiger partial charge in [0.25, 0.3) is 0 Å². The molecule has 0 radical (unpaired) electrons. The van der Waals surface area contributed by atoms with E-state index in [4.69, 9.17) is 0 Å². The van der Waals surface area contributed by atoms with Gasteiger partial charge in [0.1, 0.15) is 0 Å². The standard InChI is InChI=1S/C15H30N4OS/c1-15(2,3)18-13(20)11-19(5)14(16-4)17-10-12-6-8-21-9-7-12/h12H,6-11H2,1-5H3,(H,16,17)(H,18,20). The van der Waals surface area contributed by atoms with Gasteiger partial charge in [0.2, 0.25) is 5.91 Å². The number of nitrogens with zero attached hydrogens (tertiary/aromatic N) is 2. The normalized spacial score (nSPS) is 17.5. The van der Waals surface area contributed by atoms with Gasteiger partial charge in [-0.15, -0.1) is 0 Å². The summed E-state index contributed by atoms with van der Waals surface area (Å²) in [6, 6.07) is 0. The maximum atomic E-state index is 12.0. The first-order chi connectivity index (χ1) is 9.81. The minimum atomic E-state index is -0.200. The number of thioether (sulfide) groups is 1. The minimum absolute atomic E-state index is 0.0158. The molecular formula is C15H30N4OS. The predicted octanol–water partition coefficient (Wildman–Crippen LogP) is 1.55. The molecule has 1 amide bonds. The summed E-state index contributed by atoms with van der Waals surface area (Å²) in [4.78, 5) is 18.1. The number of rotatable bonds is 4. The van der Waals surface area contributed by atoms with E-state index in [0.29, 0.717) is 6.54 Å². The molecule has 0 aromatic rings. The number of guanidine groups is 1. The van der Waals surface area contributed by atoms with Crippen LogP contribution in [0.1, 0.15) is 33.6 Å². The number of hydrogen-bond donors (Lipinski definition) is 2. The molecule has 6 heteroatoms. The zero-order valence-electron chi connectivity index (χ0n) is 14.0. The van der Waals surface area contributed by atoms with Crippen LogP contribution in [-0.4, -0.2) is 61.0 Å². The van der Waals surface area contributed by atoms with Gasteiger partial charge in [0, 0.05) is 26.2 Å². The van der Waals surface area contributed by atoms with Crippen LogP contribution in [0.3, 0.4) is 0 Å². The van der Waals surface area contributed by atoms with Crippen molar-refractivity contribution in [2.75, 3.05) is 38.7 Å². The van der Waals surface area contributed by atoms with Gasteiger partial charge in [-0.25, -0.2) is 0 Å². The van der Waals surface area contributed by atoms with Crippen LogP contribution in [0, 0.1) is 5.92 Å². The Balaban J connectivity index is 2.38. The highest BCUT2D eigenvalue weighted by Gasteiger charge is 2.18. The van der Waals surface area contributed by atoms with Crippen molar-refractivity contribution < 1.29 is 4.79 Å². The third kappa shape index (κ3) is 7.60. The van der Waals surface area contributed by atoms with E-state index < -0.39 is 0 Å². The lowest BCUT2D eigenvalue weighted by Gasteiger charge is -2.27. The molecule has 1 fully saturated rings. The van der Waals surface area contributed by atoms with Crippen molar-refractivity contribution in [1.29, 1.82) is 0 Å². The highest BCUT2D eigenvalue weighted by atomic mass is 32.2. The van der Waals surface area contributed by atoms with Crippen molar-refractivity contribution in [1.82, 2.24) is 15.5 Å². The third-order valence-electron chi connectivity index (χ3n) is 3.36. The molecule has 21 heavy (non-hydrogen) atoms. The molecule has 1 aliphatic rings. The van der Waals surface area contributed by atoms with E-state index in [0.717, 1.165) is 18.4 Å². The van der Waals surface area contributed by atoms with Gasteiger partial charge in [-0.3, -0.25) is 9.79 Å². The summed E-state index contributed by atoms with van der Waals surface area (Å²) in [5, 5.41) is 6.36. The molecule has 0 unspecified atom stereocenters. The molecule has 1 heterocycles. The van der Waals surface area contributed by atoms with Gasteiger partial charge in [-0.2, -0.15) is 11.8 Å². The molecule has 5 nitrogen and oxygen atoms in total. The van der Waals surface area contributed by atoms with Crippen LogP contribution in [0.2, 0.25) is 0 Å². The second-order valence-electron chi connectivity index (χ2n) is 6.64. The van der Waals surface area contributed by atoms with E-state index in [1.54, 1.807) is 7.05 Å². The quantitative estimate of drug-likeness (QED) is 0.611. The fourth-order valence-electron chi connectivity index (χ4n) is 2.32. The van der Waals surface area contributed by atoms with E-state index in [1.165, 1.54) is 24.3 Å². The zero-order chi connectivity index (χ0) is 15.9. The van der Waals surface area contributed by atoms with Crippen LogP contribution in [0.15, 0.2) is 4.99 Å². The molecule has 0 spiro atoms. The molecule has 1 aliphatic heterocycles. The van der Waals surface area contributed by atoms with Crippen molar-refractivity contribution in [3.63, 3.8) is 0 Å². The summed E-state index contributed by atoms with van der Waals surface area (Å²) in [5.41, 5.74) is -0.200. The monoisotopic (exact) mass is 314 g/mol. The molecule has 0 aromatic heterocycles. The molecule has 1 rings (SSSR count). The minimum Gasteiger partial charge on any atom is -0.356 e. The van der Waals surface area contributed by atoms with Crippen molar-refractivity contribution in [2.24, 2.45) is 10.9 Å². The number of amides is 1. The first-order valence-electron chi connectivity index (χ1n) is 7.62. The summed E-state index contributed by atoms with van der Waals surface area (Å²) in [7, 11) is 3.66. The predicted molar refractivity (Wildman–Crippen MR) is 91.9 cm³/mol. The van der Waals surface area contributed by atoms with Gasteiger partial charge in [-0.1, -0.05) is 0 Å². The summed E-state index contributed by atoms with van der Waals surface area (Å²) in [6.07, 6.45) is 2.53. The lowest BCUT2D eigenvalue weighted by Crippen LogP contribution is -2.49.